The highest BCUT2D eigenvalue weighted by Crippen LogP contribution is 2.29. The molecule has 1 atom stereocenters. The second-order valence-electron chi connectivity index (χ2n) is 5.36. The van der Waals surface area contributed by atoms with E-state index >= 15 is 0 Å². The van der Waals surface area contributed by atoms with Crippen LogP contribution in [-0.2, 0) is 21.1 Å². The average Bonchev–Trinajstić information content (AvgIpc) is 3.01. The fraction of sp³-hybridized carbons (Fsp3) is 0.750. The number of tetrazole rings is 1. The first kappa shape index (κ1) is 15.9. The van der Waals surface area contributed by atoms with Gasteiger partial charge >= 0.3 is 0 Å². The Morgan fingerprint density at radius 2 is 2.33 bits per heavy atom. The van der Waals surface area contributed by atoms with E-state index in [0.29, 0.717) is 18.9 Å². The molecule has 0 spiro atoms. The summed E-state index contributed by atoms with van der Waals surface area (Å²) >= 11 is 0. The van der Waals surface area contributed by atoms with Crippen LogP contribution in [0.5, 0.6) is 0 Å². The lowest BCUT2D eigenvalue weighted by Crippen LogP contribution is -2.39. The predicted molar refractivity (Wildman–Crippen MR) is 78.9 cm³/mol. The zero-order chi connectivity index (χ0) is 15.5. The SMILES string of the molecule is C=CCCN(C)c1nnnn1CC1(OC)CCS(=O)(=O)C1. The van der Waals surface area contributed by atoms with Crippen LogP contribution in [0.3, 0.4) is 0 Å². The molecule has 0 radical (unpaired) electrons. The van der Waals surface area contributed by atoms with Crippen molar-refractivity contribution in [2.24, 2.45) is 0 Å². The van der Waals surface area contributed by atoms with E-state index in [2.05, 4.69) is 22.1 Å². The standard InChI is InChI=1S/C12H21N5O3S/c1-4-5-7-16(2)11-13-14-15-17(11)9-12(20-3)6-8-21(18,19)10-12/h4H,1,5-10H2,2-3H3. The van der Waals surface area contributed by atoms with Crippen LogP contribution in [0.2, 0.25) is 0 Å². The summed E-state index contributed by atoms with van der Waals surface area (Å²) in [5.41, 5.74) is -0.748. The van der Waals surface area contributed by atoms with E-state index < -0.39 is 15.4 Å². The average molecular weight is 315 g/mol. The van der Waals surface area contributed by atoms with Crippen molar-refractivity contribution in [3.05, 3.63) is 12.7 Å². The van der Waals surface area contributed by atoms with Gasteiger partial charge in [0.25, 0.3) is 0 Å². The summed E-state index contributed by atoms with van der Waals surface area (Å²) in [6, 6.07) is 0. The monoisotopic (exact) mass is 315 g/mol. The van der Waals surface area contributed by atoms with Crippen molar-refractivity contribution in [3.8, 4) is 0 Å². The molecule has 0 amide bonds. The van der Waals surface area contributed by atoms with Crippen LogP contribution in [0.25, 0.3) is 0 Å². The Balaban J connectivity index is 2.16. The predicted octanol–water partition coefficient (Wildman–Crippen LogP) is -0.111. The molecule has 9 heteroatoms. The van der Waals surface area contributed by atoms with Crippen molar-refractivity contribution >= 4 is 15.8 Å². The molecule has 0 N–H and O–H groups in total. The van der Waals surface area contributed by atoms with Crippen LogP contribution in [0, 0.1) is 0 Å². The van der Waals surface area contributed by atoms with Crippen molar-refractivity contribution in [3.63, 3.8) is 0 Å². The van der Waals surface area contributed by atoms with Crippen molar-refractivity contribution < 1.29 is 13.2 Å². The summed E-state index contributed by atoms with van der Waals surface area (Å²) in [5.74, 6) is 0.745. The molecule has 2 rings (SSSR count). The van der Waals surface area contributed by atoms with Gasteiger partial charge in [0.1, 0.15) is 5.60 Å². The van der Waals surface area contributed by atoms with Gasteiger partial charge in [-0.25, -0.2) is 13.1 Å². The minimum atomic E-state index is -3.05. The smallest absolute Gasteiger partial charge is 0.245 e. The first-order valence-electron chi connectivity index (χ1n) is 6.75. The Hall–Kier alpha value is -1.48. The zero-order valence-corrected chi connectivity index (χ0v) is 13.2. The maximum Gasteiger partial charge on any atom is 0.245 e. The second kappa shape index (κ2) is 6.10. The maximum atomic E-state index is 11.7. The first-order chi connectivity index (χ1) is 9.91. The van der Waals surface area contributed by atoms with E-state index in [1.54, 1.807) is 4.68 Å². The Morgan fingerprint density at radius 3 is 2.90 bits per heavy atom. The third kappa shape index (κ3) is 3.59. The number of anilines is 1. The number of methoxy groups -OCH3 is 1. The van der Waals surface area contributed by atoms with E-state index in [-0.39, 0.29) is 11.5 Å². The summed E-state index contributed by atoms with van der Waals surface area (Å²) in [4.78, 5) is 1.91. The Bertz CT molecular complexity index is 600. The van der Waals surface area contributed by atoms with Crippen LogP contribution in [0.4, 0.5) is 5.95 Å². The van der Waals surface area contributed by atoms with Gasteiger partial charge in [0.2, 0.25) is 5.95 Å². The number of ether oxygens (including phenoxy) is 1. The maximum absolute atomic E-state index is 11.7. The quantitative estimate of drug-likeness (QED) is 0.648. The Kier molecular flexibility index (Phi) is 4.62. The lowest BCUT2D eigenvalue weighted by atomic mass is 10.0. The van der Waals surface area contributed by atoms with Gasteiger partial charge in [-0.15, -0.1) is 6.58 Å². The number of rotatable bonds is 7. The van der Waals surface area contributed by atoms with Crippen LogP contribution >= 0.6 is 0 Å². The first-order valence-corrected chi connectivity index (χ1v) is 8.57. The fourth-order valence-electron chi connectivity index (χ4n) is 2.47. The van der Waals surface area contributed by atoms with Gasteiger partial charge in [-0.2, -0.15) is 0 Å². The number of hydrogen-bond acceptors (Lipinski definition) is 7. The van der Waals surface area contributed by atoms with E-state index in [9.17, 15) is 8.42 Å². The van der Waals surface area contributed by atoms with Gasteiger partial charge in [0.05, 0.1) is 18.1 Å². The molecule has 1 saturated heterocycles. The van der Waals surface area contributed by atoms with Crippen LogP contribution < -0.4 is 4.90 Å². The molecule has 1 fully saturated rings. The third-order valence-corrected chi connectivity index (χ3v) is 5.54. The molecule has 0 bridgehead atoms. The molecule has 21 heavy (non-hydrogen) atoms. The van der Waals surface area contributed by atoms with Gasteiger partial charge in [-0.3, -0.25) is 0 Å². The highest BCUT2D eigenvalue weighted by molar-refractivity contribution is 7.91. The van der Waals surface area contributed by atoms with Gasteiger partial charge in [0.15, 0.2) is 9.84 Å². The fourth-order valence-corrected chi connectivity index (χ4v) is 4.45. The Labute approximate surface area is 124 Å². The molecule has 1 unspecified atom stereocenters. The van der Waals surface area contributed by atoms with E-state index in [1.165, 1.54) is 7.11 Å². The number of nitrogens with zero attached hydrogens (tertiary/aromatic N) is 5. The van der Waals surface area contributed by atoms with Crippen LogP contribution in [0.1, 0.15) is 12.8 Å². The number of aromatic nitrogens is 4. The van der Waals surface area contributed by atoms with Gasteiger partial charge in [-0.05, 0) is 23.3 Å². The minimum absolute atomic E-state index is 0.00612. The van der Waals surface area contributed by atoms with Gasteiger partial charge < -0.3 is 9.64 Å². The van der Waals surface area contributed by atoms with Crippen LogP contribution in [0.15, 0.2) is 12.7 Å². The topological polar surface area (TPSA) is 90.2 Å². The van der Waals surface area contributed by atoms with E-state index in [4.69, 9.17) is 4.74 Å². The molecule has 118 valence electrons. The zero-order valence-electron chi connectivity index (χ0n) is 12.4. The molecular weight excluding hydrogens is 294 g/mol. The molecule has 2 heterocycles. The Morgan fingerprint density at radius 1 is 1.57 bits per heavy atom. The molecule has 1 aromatic heterocycles. The molecule has 0 aliphatic carbocycles. The van der Waals surface area contributed by atoms with Gasteiger partial charge in [-0.1, -0.05) is 11.2 Å². The molecule has 1 aliphatic heterocycles. The van der Waals surface area contributed by atoms with Crippen molar-refractivity contribution in [2.45, 2.75) is 25.0 Å². The minimum Gasteiger partial charge on any atom is -0.375 e. The van der Waals surface area contributed by atoms with Crippen molar-refractivity contribution in [2.75, 3.05) is 37.1 Å². The van der Waals surface area contributed by atoms with E-state index in [0.717, 1.165) is 13.0 Å². The molecular formula is C12H21N5O3S. The summed E-state index contributed by atoms with van der Waals surface area (Å²) in [7, 11) is 0.369. The summed E-state index contributed by atoms with van der Waals surface area (Å²) in [6.45, 7) is 4.75. The highest BCUT2D eigenvalue weighted by Gasteiger charge is 2.43. The largest absolute Gasteiger partial charge is 0.375 e. The summed E-state index contributed by atoms with van der Waals surface area (Å²) in [6.07, 6.45) is 3.10. The number of sulfone groups is 1. The van der Waals surface area contributed by atoms with Crippen molar-refractivity contribution in [1.82, 2.24) is 20.2 Å². The second-order valence-corrected chi connectivity index (χ2v) is 7.55. The van der Waals surface area contributed by atoms with Crippen molar-refractivity contribution in [1.29, 1.82) is 0 Å². The van der Waals surface area contributed by atoms with E-state index in [1.807, 2.05) is 18.0 Å². The third-order valence-electron chi connectivity index (χ3n) is 3.75. The molecule has 8 nitrogen and oxygen atoms in total. The van der Waals surface area contributed by atoms with Crippen LogP contribution in [-0.4, -0.2) is 66.4 Å². The molecule has 0 aromatic carbocycles. The molecule has 1 aromatic rings. The summed E-state index contributed by atoms with van der Waals surface area (Å²) in [5, 5.41) is 11.6. The highest BCUT2D eigenvalue weighted by atomic mass is 32.2. The molecule has 0 saturated carbocycles. The molecule has 1 aliphatic rings. The van der Waals surface area contributed by atoms with Gasteiger partial charge in [0, 0.05) is 20.7 Å². The lowest BCUT2D eigenvalue weighted by Gasteiger charge is -2.27. The normalized spacial score (nSPS) is 24.1. The lowest BCUT2D eigenvalue weighted by molar-refractivity contribution is -0.00451. The summed E-state index contributed by atoms with van der Waals surface area (Å²) < 4.78 is 30.6. The number of hydrogen-bond donors (Lipinski definition) is 0.